The van der Waals surface area contributed by atoms with E-state index in [4.69, 9.17) is 5.73 Å². The Balaban J connectivity index is 1.81. The highest BCUT2D eigenvalue weighted by molar-refractivity contribution is 7.10. The largest absolute Gasteiger partial charge is 0.393 e. The van der Waals surface area contributed by atoms with Gasteiger partial charge in [0.25, 0.3) is 0 Å². The molecule has 0 amide bonds. The molecule has 2 unspecified atom stereocenters. The molecular weight excluding hydrogens is 234 g/mol. The molecule has 1 aliphatic carbocycles. The molecule has 0 bridgehead atoms. The van der Waals surface area contributed by atoms with Gasteiger partial charge in [0.2, 0.25) is 0 Å². The quantitative estimate of drug-likeness (QED) is 0.862. The summed E-state index contributed by atoms with van der Waals surface area (Å²) in [6.07, 6.45) is 3.36. The number of nitrogens with two attached hydrogens (primary N) is 1. The van der Waals surface area contributed by atoms with Crippen LogP contribution in [-0.2, 0) is 0 Å². The van der Waals surface area contributed by atoms with Crippen molar-refractivity contribution in [3.05, 3.63) is 5.56 Å². The topological polar surface area (TPSA) is 62.4 Å². The monoisotopic (exact) mass is 253 g/mol. The van der Waals surface area contributed by atoms with Crippen molar-refractivity contribution in [2.45, 2.75) is 38.2 Å². The Kier molecular flexibility index (Phi) is 2.75. The van der Waals surface area contributed by atoms with Crippen molar-refractivity contribution >= 4 is 22.4 Å². The number of aliphatic hydroxyl groups excluding tert-OH is 1. The maximum atomic E-state index is 9.65. The van der Waals surface area contributed by atoms with E-state index in [9.17, 15) is 5.11 Å². The van der Waals surface area contributed by atoms with Gasteiger partial charge in [0, 0.05) is 24.6 Å². The van der Waals surface area contributed by atoms with Crippen LogP contribution in [0.2, 0.25) is 0 Å². The second kappa shape index (κ2) is 4.14. The molecule has 1 saturated heterocycles. The van der Waals surface area contributed by atoms with Gasteiger partial charge in [-0.3, -0.25) is 0 Å². The normalized spacial score (nSPS) is 26.5. The highest BCUT2D eigenvalue weighted by atomic mass is 32.1. The van der Waals surface area contributed by atoms with Crippen LogP contribution in [0, 0.1) is 5.92 Å². The minimum Gasteiger partial charge on any atom is -0.393 e. The van der Waals surface area contributed by atoms with Gasteiger partial charge in [-0.15, -0.1) is 0 Å². The Morgan fingerprint density at radius 1 is 1.47 bits per heavy atom. The standard InChI is InChI=1S/C12H19N3OS/c1-7(16)9-4-5-15(6-9)12-10(8-2-3-8)11(13)14-17-12/h7-9,16H,2-6H2,1H3,(H2,13,14). The smallest absolute Gasteiger partial charge is 0.142 e. The molecule has 0 radical (unpaired) electrons. The Labute approximate surface area is 106 Å². The summed E-state index contributed by atoms with van der Waals surface area (Å²) in [5.41, 5.74) is 7.25. The van der Waals surface area contributed by atoms with Crippen LogP contribution in [0.5, 0.6) is 0 Å². The first-order valence-corrected chi connectivity index (χ1v) is 7.12. The second-order valence-corrected chi connectivity index (χ2v) is 6.05. The molecule has 3 rings (SSSR count). The molecule has 4 nitrogen and oxygen atoms in total. The van der Waals surface area contributed by atoms with Gasteiger partial charge in [-0.1, -0.05) is 0 Å². The maximum absolute atomic E-state index is 9.65. The molecule has 0 spiro atoms. The van der Waals surface area contributed by atoms with Crippen molar-refractivity contribution < 1.29 is 5.11 Å². The van der Waals surface area contributed by atoms with Crippen LogP contribution < -0.4 is 10.6 Å². The molecule has 2 atom stereocenters. The summed E-state index contributed by atoms with van der Waals surface area (Å²) in [6.45, 7) is 3.85. The fourth-order valence-corrected chi connectivity index (χ4v) is 3.58. The average Bonchev–Trinajstić information content (AvgIpc) is 2.87. The highest BCUT2D eigenvalue weighted by Gasteiger charge is 2.35. The minimum atomic E-state index is -0.213. The van der Waals surface area contributed by atoms with Gasteiger partial charge in [0.1, 0.15) is 10.8 Å². The summed E-state index contributed by atoms with van der Waals surface area (Å²) in [7, 11) is 0. The average molecular weight is 253 g/mol. The third-order valence-electron chi connectivity index (χ3n) is 3.92. The summed E-state index contributed by atoms with van der Waals surface area (Å²) in [4.78, 5) is 2.36. The molecule has 1 aromatic heterocycles. The van der Waals surface area contributed by atoms with Crippen LogP contribution in [0.1, 0.15) is 37.7 Å². The number of aliphatic hydroxyl groups is 1. The predicted molar refractivity (Wildman–Crippen MR) is 70.5 cm³/mol. The van der Waals surface area contributed by atoms with Crippen LogP contribution in [-0.4, -0.2) is 28.7 Å². The van der Waals surface area contributed by atoms with Gasteiger partial charge in [0.05, 0.1) is 6.10 Å². The van der Waals surface area contributed by atoms with Crippen LogP contribution in [0.15, 0.2) is 0 Å². The molecule has 94 valence electrons. The molecule has 0 aromatic carbocycles. The van der Waals surface area contributed by atoms with E-state index in [-0.39, 0.29) is 6.10 Å². The lowest BCUT2D eigenvalue weighted by Gasteiger charge is -2.19. The Bertz CT molecular complexity index is 414. The summed E-state index contributed by atoms with van der Waals surface area (Å²) in [5, 5.41) is 10.9. The second-order valence-electron chi connectivity index (χ2n) is 5.30. The highest BCUT2D eigenvalue weighted by Crippen LogP contribution is 2.49. The molecule has 2 fully saturated rings. The zero-order chi connectivity index (χ0) is 12.0. The summed E-state index contributed by atoms with van der Waals surface area (Å²) < 4.78 is 4.31. The molecule has 5 heteroatoms. The number of hydrogen-bond donors (Lipinski definition) is 2. The van der Waals surface area contributed by atoms with Gasteiger partial charge in [0.15, 0.2) is 0 Å². The van der Waals surface area contributed by atoms with E-state index >= 15 is 0 Å². The Morgan fingerprint density at radius 3 is 2.82 bits per heavy atom. The number of rotatable bonds is 3. The van der Waals surface area contributed by atoms with E-state index in [0.717, 1.165) is 25.3 Å². The van der Waals surface area contributed by atoms with Crippen LogP contribution in [0.3, 0.4) is 0 Å². The van der Waals surface area contributed by atoms with Crippen molar-refractivity contribution in [3.8, 4) is 0 Å². The number of nitrogens with zero attached hydrogens (tertiary/aromatic N) is 2. The lowest BCUT2D eigenvalue weighted by Crippen LogP contribution is -2.23. The van der Waals surface area contributed by atoms with E-state index in [2.05, 4.69) is 9.27 Å². The van der Waals surface area contributed by atoms with Gasteiger partial charge < -0.3 is 15.7 Å². The molecule has 1 aliphatic heterocycles. The van der Waals surface area contributed by atoms with Gasteiger partial charge in [-0.2, -0.15) is 4.37 Å². The molecule has 17 heavy (non-hydrogen) atoms. The third-order valence-corrected chi connectivity index (χ3v) is 4.86. The minimum absolute atomic E-state index is 0.213. The summed E-state index contributed by atoms with van der Waals surface area (Å²) in [5.74, 6) is 1.77. The first-order chi connectivity index (χ1) is 8.16. The van der Waals surface area contributed by atoms with Crippen molar-refractivity contribution in [3.63, 3.8) is 0 Å². The Hall–Kier alpha value is -0.810. The van der Waals surface area contributed by atoms with Crippen molar-refractivity contribution in [2.24, 2.45) is 5.92 Å². The third kappa shape index (κ3) is 2.02. The van der Waals surface area contributed by atoms with Crippen molar-refractivity contribution in [1.82, 2.24) is 4.37 Å². The van der Waals surface area contributed by atoms with Crippen molar-refractivity contribution in [1.29, 1.82) is 0 Å². The summed E-state index contributed by atoms with van der Waals surface area (Å²) >= 11 is 1.52. The predicted octanol–water partition coefficient (Wildman–Crippen LogP) is 1.81. The van der Waals surface area contributed by atoms with E-state index < -0.39 is 0 Å². The van der Waals surface area contributed by atoms with E-state index in [1.54, 1.807) is 0 Å². The lowest BCUT2D eigenvalue weighted by molar-refractivity contribution is 0.136. The Morgan fingerprint density at radius 2 is 2.24 bits per heavy atom. The molecule has 1 aromatic rings. The molecule has 2 heterocycles. The zero-order valence-corrected chi connectivity index (χ0v) is 10.9. The lowest BCUT2D eigenvalue weighted by atomic mass is 10.0. The van der Waals surface area contributed by atoms with Crippen molar-refractivity contribution in [2.75, 3.05) is 23.7 Å². The van der Waals surface area contributed by atoms with E-state index in [1.165, 1.54) is 34.9 Å². The fourth-order valence-electron chi connectivity index (χ4n) is 2.65. The molecule has 1 saturated carbocycles. The number of nitrogen functional groups attached to an aromatic ring is 1. The molecular formula is C12H19N3OS. The number of hydrogen-bond acceptors (Lipinski definition) is 5. The van der Waals surface area contributed by atoms with Gasteiger partial charge in [-0.25, -0.2) is 0 Å². The number of anilines is 2. The maximum Gasteiger partial charge on any atom is 0.142 e. The summed E-state index contributed by atoms with van der Waals surface area (Å²) in [6, 6.07) is 0. The van der Waals surface area contributed by atoms with Crippen LogP contribution >= 0.6 is 11.5 Å². The zero-order valence-electron chi connectivity index (χ0n) is 10.1. The SMILES string of the molecule is CC(O)C1CCN(c2snc(N)c2C2CC2)C1. The molecule has 3 N–H and O–H groups in total. The van der Waals surface area contributed by atoms with E-state index in [0.29, 0.717) is 11.8 Å². The number of aromatic nitrogens is 1. The van der Waals surface area contributed by atoms with Gasteiger partial charge in [-0.05, 0) is 43.6 Å². The van der Waals surface area contributed by atoms with Gasteiger partial charge >= 0.3 is 0 Å². The fraction of sp³-hybridized carbons (Fsp3) is 0.750. The first kappa shape index (κ1) is 11.3. The van der Waals surface area contributed by atoms with Crippen LogP contribution in [0.25, 0.3) is 0 Å². The van der Waals surface area contributed by atoms with Crippen LogP contribution in [0.4, 0.5) is 10.8 Å². The van der Waals surface area contributed by atoms with E-state index in [1.807, 2.05) is 6.92 Å². The molecule has 2 aliphatic rings. The first-order valence-electron chi connectivity index (χ1n) is 6.35.